The number of ether oxygens (including phenoxy) is 1. The SMILES string of the molecule is Cc1cccc([C@@H](NC(=S)Nc2cccc(OC(C)C)c2)c2ccccc2)c1. The van der Waals surface area contributed by atoms with Crippen LogP contribution in [0.4, 0.5) is 5.69 Å². The molecule has 3 nitrogen and oxygen atoms in total. The predicted molar refractivity (Wildman–Crippen MR) is 121 cm³/mol. The molecule has 0 heterocycles. The number of hydrogen-bond donors (Lipinski definition) is 2. The Morgan fingerprint density at radius 2 is 1.57 bits per heavy atom. The maximum absolute atomic E-state index is 5.77. The predicted octanol–water partition coefficient (Wildman–Crippen LogP) is 5.86. The summed E-state index contributed by atoms with van der Waals surface area (Å²) in [5.74, 6) is 0.820. The molecule has 0 aliphatic rings. The Morgan fingerprint density at radius 1 is 0.857 bits per heavy atom. The van der Waals surface area contributed by atoms with E-state index in [4.69, 9.17) is 17.0 Å². The quantitative estimate of drug-likeness (QED) is 0.517. The summed E-state index contributed by atoms with van der Waals surface area (Å²) in [5, 5.41) is 7.31. The highest BCUT2D eigenvalue weighted by Gasteiger charge is 2.15. The number of aryl methyl sites for hydroxylation is 1. The minimum Gasteiger partial charge on any atom is -0.491 e. The van der Waals surface area contributed by atoms with Crippen molar-refractivity contribution in [3.05, 3.63) is 95.6 Å². The van der Waals surface area contributed by atoms with Crippen LogP contribution in [0.2, 0.25) is 0 Å². The molecule has 3 rings (SSSR count). The zero-order chi connectivity index (χ0) is 19.9. The number of nitrogens with one attached hydrogen (secondary N) is 2. The lowest BCUT2D eigenvalue weighted by molar-refractivity contribution is 0.242. The molecule has 0 fully saturated rings. The highest BCUT2D eigenvalue weighted by Crippen LogP contribution is 2.24. The summed E-state index contributed by atoms with van der Waals surface area (Å²) in [5.41, 5.74) is 4.45. The van der Waals surface area contributed by atoms with Crippen LogP contribution in [-0.2, 0) is 0 Å². The molecule has 1 atom stereocenters. The lowest BCUT2D eigenvalue weighted by Crippen LogP contribution is -2.33. The van der Waals surface area contributed by atoms with Crippen LogP contribution < -0.4 is 15.4 Å². The standard InChI is InChI=1S/C24H26N2OS/c1-17(2)27-22-14-8-13-21(16-22)25-24(28)26-23(19-10-5-4-6-11-19)20-12-7-9-18(3)15-20/h4-17,23H,1-3H3,(H2,25,26,28)/t23-/m0/s1. The molecule has 0 aliphatic carbocycles. The van der Waals surface area contributed by atoms with Gasteiger partial charge in [0.25, 0.3) is 0 Å². The third-order valence-electron chi connectivity index (χ3n) is 4.25. The van der Waals surface area contributed by atoms with Crippen LogP contribution >= 0.6 is 12.2 Å². The van der Waals surface area contributed by atoms with Crippen molar-refractivity contribution in [1.82, 2.24) is 5.32 Å². The summed E-state index contributed by atoms with van der Waals surface area (Å²) in [6.45, 7) is 6.12. The number of thiocarbonyl (C=S) groups is 1. The Kier molecular flexibility index (Phi) is 6.66. The highest BCUT2D eigenvalue weighted by molar-refractivity contribution is 7.80. The van der Waals surface area contributed by atoms with Crippen LogP contribution in [0.25, 0.3) is 0 Å². The van der Waals surface area contributed by atoms with Gasteiger partial charge in [-0.15, -0.1) is 0 Å². The molecule has 0 radical (unpaired) electrons. The Bertz CT molecular complexity index is 925. The molecular weight excluding hydrogens is 364 g/mol. The van der Waals surface area contributed by atoms with Gasteiger partial charge in [0.15, 0.2) is 5.11 Å². The van der Waals surface area contributed by atoms with Gasteiger partial charge in [-0.3, -0.25) is 0 Å². The van der Waals surface area contributed by atoms with Gasteiger partial charge < -0.3 is 15.4 Å². The molecule has 3 aromatic carbocycles. The largest absolute Gasteiger partial charge is 0.491 e. The zero-order valence-corrected chi connectivity index (χ0v) is 17.3. The molecule has 144 valence electrons. The first-order chi connectivity index (χ1) is 13.5. The lowest BCUT2D eigenvalue weighted by Gasteiger charge is -2.22. The van der Waals surface area contributed by atoms with Crippen LogP contribution in [0.5, 0.6) is 5.75 Å². The molecule has 0 saturated heterocycles. The van der Waals surface area contributed by atoms with Crippen molar-refractivity contribution in [2.24, 2.45) is 0 Å². The van der Waals surface area contributed by atoms with Crippen LogP contribution in [0.1, 0.15) is 36.6 Å². The van der Waals surface area contributed by atoms with Crippen LogP contribution in [0, 0.1) is 6.92 Å². The van der Waals surface area contributed by atoms with Crippen molar-refractivity contribution >= 4 is 23.0 Å². The van der Waals surface area contributed by atoms with Crippen molar-refractivity contribution in [3.8, 4) is 5.75 Å². The number of anilines is 1. The van der Waals surface area contributed by atoms with Crippen LogP contribution in [0.3, 0.4) is 0 Å². The Balaban J connectivity index is 1.78. The molecule has 0 aliphatic heterocycles. The van der Waals surface area contributed by atoms with E-state index in [-0.39, 0.29) is 12.1 Å². The van der Waals surface area contributed by atoms with Gasteiger partial charge in [-0.25, -0.2) is 0 Å². The zero-order valence-electron chi connectivity index (χ0n) is 16.5. The first kappa shape index (κ1) is 19.9. The minimum atomic E-state index is -0.0313. The maximum atomic E-state index is 5.77. The van der Waals surface area contributed by atoms with E-state index in [1.807, 2.05) is 56.3 Å². The lowest BCUT2D eigenvalue weighted by atomic mass is 9.97. The highest BCUT2D eigenvalue weighted by atomic mass is 32.1. The van der Waals surface area contributed by atoms with Gasteiger partial charge in [0.05, 0.1) is 12.1 Å². The Morgan fingerprint density at radius 3 is 2.29 bits per heavy atom. The van der Waals surface area contributed by atoms with Gasteiger partial charge >= 0.3 is 0 Å². The second kappa shape index (κ2) is 9.38. The third-order valence-corrected chi connectivity index (χ3v) is 4.47. The number of rotatable bonds is 6. The Labute approximate surface area is 172 Å². The molecule has 0 saturated carbocycles. The molecule has 2 N–H and O–H groups in total. The first-order valence-electron chi connectivity index (χ1n) is 9.47. The van der Waals surface area contributed by atoms with Crippen molar-refractivity contribution in [2.45, 2.75) is 32.9 Å². The molecule has 4 heteroatoms. The fourth-order valence-corrected chi connectivity index (χ4v) is 3.31. The second-order valence-corrected chi connectivity index (χ2v) is 7.46. The molecule has 0 amide bonds. The maximum Gasteiger partial charge on any atom is 0.171 e. The van der Waals surface area contributed by atoms with Gasteiger partial charge in [-0.2, -0.15) is 0 Å². The van der Waals surface area contributed by atoms with Crippen LogP contribution in [0.15, 0.2) is 78.9 Å². The van der Waals surface area contributed by atoms with E-state index >= 15 is 0 Å². The van der Waals surface area contributed by atoms with E-state index in [9.17, 15) is 0 Å². The molecule has 28 heavy (non-hydrogen) atoms. The second-order valence-electron chi connectivity index (χ2n) is 7.05. The molecular formula is C24H26N2OS. The fraction of sp³-hybridized carbons (Fsp3) is 0.208. The molecule has 3 aromatic rings. The van der Waals surface area contributed by atoms with E-state index in [0.29, 0.717) is 5.11 Å². The van der Waals surface area contributed by atoms with E-state index in [0.717, 1.165) is 17.0 Å². The monoisotopic (exact) mass is 390 g/mol. The van der Waals surface area contributed by atoms with Crippen molar-refractivity contribution in [2.75, 3.05) is 5.32 Å². The van der Waals surface area contributed by atoms with Gasteiger partial charge in [-0.05, 0) is 56.2 Å². The summed E-state index contributed by atoms with van der Waals surface area (Å²) in [6, 6.07) is 26.6. The van der Waals surface area contributed by atoms with E-state index in [1.54, 1.807) is 0 Å². The van der Waals surface area contributed by atoms with E-state index in [2.05, 4.69) is 54.0 Å². The van der Waals surface area contributed by atoms with Gasteiger partial charge in [0.2, 0.25) is 0 Å². The van der Waals surface area contributed by atoms with Crippen molar-refractivity contribution in [3.63, 3.8) is 0 Å². The van der Waals surface area contributed by atoms with Gasteiger partial charge in [0, 0.05) is 11.8 Å². The summed E-state index contributed by atoms with van der Waals surface area (Å²) in [4.78, 5) is 0. The fourth-order valence-electron chi connectivity index (χ4n) is 3.07. The summed E-state index contributed by atoms with van der Waals surface area (Å²) in [6.07, 6.45) is 0.129. The first-order valence-corrected chi connectivity index (χ1v) is 9.88. The average molecular weight is 391 g/mol. The molecule has 0 spiro atoms. The molecule has 0 unspecified atom stereocenters. The smallest absolute Gasteiger partial charge is 0.171 e. The number of benzene rings is 3. The summed E-state index contributed by atoms with van der Waals surface area (Å²) < 4.78 is 5.77. The summed E-state index contributed by atoms with van der Waals surface area (Å²) >= 11 is 5.61. The van der Waals surface area contributed by atoms with Gasteiger partial charge in [-0.1, -0.05) is 66.2 Å². The van der Waals surface area contributed by atoms with Crippen molar-refractivity contribution in [1.29, 1.82) is 0 Å². The van der Waals surface area contributed by atoms with Gasteiger partial charge in [0.1, 0.15) is 5.75 Å². The normalized spacial score (nSPS) is 11.7. The van der Waals surface area contributed by atoms with E-state index < -0.39 is 0 Å². The van der Waals surface area contributed by atoms with Crippen molar-refractivity contribution < 1.29 is 4.74 Å². The average Bonchev–Trinajstić information content (AvgIpc) is 2.66. The summed E-state index contributed by atoms with van der Waals surface area (Å²) in [7, 11) is 0. The van der Waals surface area contributed by atoms with E-state index in [1.165, 1.54) is 11.1 Å². The topological polar surface area (TPSA) is 33.3 Å². The third kappa shape index (κ3) is 5.57. The molecule has 0 aromatic heterocycles. The minimum absolute atomic E-state index is 0.0313. The Hall–Kier alpha value is -2.85. The number of hydrogen-bond acceptors (Lipinski definition) is 2. The van der Waals surface area contributed by atoms with Crippen LogP contribution in [-0.4, -0.2) is 11.2 Å². The molecule has 0 bridgehead atoms.